The van der Waals surface area contributed by atoms with Gasteiger partial charge in [-0.2, -0.15) is 5.26 Å². The Morgan fingerprint density at radius 1 is 0.765 bits per heavy atom. The van der Waals surface area contributed by atoms with Gasteiger partial charge < -0.3 is 19.7 Å². The van der Waals surface area contributed by atoms with E-state index in [0.717, 1.165) is 28.0 Å². The Morgan fingerprint density at radius 2 is 1.41 bits per heavy atom. The van der Waals surface area contributed by atoms with E-state index in [2.05, 4.69) is 6.07 Å². The second-order valence-electron chi connectivity index (χ2n) is 7.60. The number of hydrogen-bond acceptors (Lipinski definition) is 5. The van der Waals surface area contributed by atoms with Crippen LogP contribution < -0.4 is 9.47 Å². The van der Waals surface area contributed by atoms with E-state index in [9.17, 15) is 9.90 Å². The molecule has 0 aromatic heterocycles. The van der Waals surface area contributed by atoms with Gasteiger partial charge in [-0.15, -0.1) is 0 Å². The fourth-order valence-corrected chi connectivity index (χ4v) is 3.39. The van der Waals surface area contributed by atoms with E-state index in [4.69, 9.17) is 19.8 Å². The second-order valence-corrected chi connectivity index (χ2v) is 7.60. The van der Waals surface area contributed by atoms with Crippen LogP contribution in [-0.4, -0.2) is 16.2 Å². The Morgan fingerprint density at radius 3 is 2.12 bits per heavy atom. The molecule has 168 valence electrons. The van der Waals surface area contributed by atoms with Crippen molar-refractivity contribution in [3.8, 4) is 34.4 Å². The number of phenols is 1. The summed E-state index contributed by atoms with van der Waals surface area (Å²) in [7, 11) is 0. The molecule has 6 heteroatoms. The lowest BCUT2D eigenvalue weighted by Gasteiger charge is -2.11. The van der Waals surface area contributed by atoms with E-state index in [1.54, 1.807) is 12.1 Å². The van der Waals surface area contributed by atoms with Crippen molar-refractivity contribution >= 4 is 5.97 Å². The van der Waals surface area contributed by atoms with E-state index in [1.165, 1.54) is 18.2 Å². The van der Waals surface area contributed by atoms with Crippen LogP contribution >= 0.6 is 0 Å². The largest absolute Gasteiger partial charge is 0.507 e. The molecule has 34 heavy (non-hydrogen) atoms. The monoisotopic (exact) mass is 451 g/mol. The molecule has 4 rings (SSSR count). The van der Waals surface area contributed by atoms with E-state index in [-0.39, 0.29) is 17.9 Å². The molecule has 0 saturated heterocycles. The maximum absolute atomic E-state index is 11.2. The average Bonchev–Trinajstić information content (AvgIpc) is 2.87. The minimum Gasteiger partial charge on any atom is -0.507 e. The molecular weight excluding hydrogens is 430 g/mol. The molecule has 0 spiro atoms. The van der Waals surface area contributed by atoms with Gasteiger partial charge in [0.25, 0.3) is 0 Å². The first-order valence-corrected chi connectivity index (χ1v) is 10.5. The van der Waals surface area contributed by atoms with Crippen molar-refractivity contribution < 1.29 is 24.5 Å². The summed E-state index contributed by atoms with van der Waals surface area (Å²) in [5.41, 5.74) is 4.26. The smallest absolute Gasteiger partial charge is 0.339 e. The van der Waals surface area contributed by atoms with Gasteiger partial charge in [0, 0.05) is 0 Å². The van der Waals surface area contributed by atoms with Gasteiger partial charge in [-0.3, -0.25) is 0 Å². The van der Waals surface area contributed by atoms with E-state index in [0.29, 0.717) is 17.9 Å². The molecule has 4 aromatic carbocycles. The Bertz CT molecular complexity index is 1360. The highest BCUT2D eigenvalue weighted by Gasteiger charge is 2.11. The van der Waals surface area contributed by atoms with Crippen LogP contribution in [0.3, 0.4) is 0 Å². The van der Waals surface area contributed by atoms with Crippen LogP contribution in [0.2, 0.25) is 0 Å². The number of carboxylic acids is 1. The molecule has 0 amide bonds. The predicted molar refractivity (Wildman–Crippen MR) is 127 cm³/mol. The zero-order valence-electron chi connectivity index (χ0n) is 18.1. The molecule has 6 nitrogen and oxygen atoms in total. The lowest BCUT2D eigenvalue weighted by molar-refractivity contribution is 0.0693. The number of hydrogen-bond donors (Lipinski definition) is 2. The summed E-state index contributed by atoms with van der Waals surface area (Å²) in [6.45, 7) is 0.639. The number of nitriles is 1. The molecule has 0 bridgehead atoms. The topological polar surface area (TPSA) is 99.8 Å². The molecule has 0 unspecified atom stereocenters. The third-order valence-corrected chi connectivity index (χ3v) is 5.19. The maximum atomic E-state index is 11.2. The summed E-state index contributed by atoms with van der Waals surface area (Å²) >= 11 is 0. The van der Waals surface area contributed by atoms with Crippen molar-refractivity contribution in [2.75, 3.05) is 0 Å². The number of carbonyl (C=O) groups is 1. The molecule has 0 atom stereocenters. The summed E-state index contributed by atoms with van der Waals surface area (Å²) in [5.74, 6) is -0.429. The van der Waals surface area contributed by atoms with Gasteiger partial charge in [0.2, 0.25) is 0 Å². The fourth-order valence-electron chi connectivity index (χ4n) is 3.39. The second kappa shape index (κ2) is 10.2. The molecular formula is C28H21NO5. The molecule has 0 fully saturated rings. The summed E-state index contributed by atoms with van der Waals surface area (Å²) in [6, 6.07) is 29.1. The summed E-state index contributed by atoms with van der Waals surface area (Å²) < 4.78 is 11.7. The quantitative estimate of drug-likeness (QED) is 0.352. The van der Waals surface area contributed by atoms with Gasteiger partial charge in [-0.1, -0.05) is 42.5 Å². The van der Waals surface area contributed by atoms with Crippen LogP contribution in [0.5, 0.6) is 17.2 Å². The highest BCUT2D eigenvalue weighted by Crippen LogP contribution is 2.27. The standard InChI is InChI=1S/C28H21NO5/c29-16-19-7-9-20(10-8-19)17-33-24-6-2-5-23(14-24)22-4-1-3-21(13-22)18-34-25-11-12-27(30)26(15-25)28(31)32/h1-15,30H,17-18H2,(H,31,32). The van der Waals surface area contributed by atoms with Crippen molar-refractivity contribution in [3.05, 3.63) is 113 Å². The van der Waals surface area contributed by atoms with Gasteiger partial charge in [0.05, 0.1) is 11.6 Å². The van der Waals surface area contributed by atoms with Gasteiger partial charge in [0.1, 0.15) is 36.0 Å². The van der Waals surface area contributed by atoms with Crippen molar-refractivity contribution in [2.45, 2.75) is 13.2 Å². The van der Waals surface area contributed by atoms with E-state index >= 15 is 0 Å². The lowest BCUT2D eigenvalue weighted by atomic mass is 10.0. The van der Waals surface area contributed by atoms with Gasteiger partial charge in [0.15, 0.2) is 0 Å². The highest BCUT2D eigenvalue weighted by molar-refractivity contribution is 5.91. The van der Waals surface area contributed by atoms with Crippen molar-refractivity contribution in [1.82, 2.24) is 0 Å². The molecule has 0 aliphatic heterocycles. The number of aromatic carboxylic acids is 1. The summed E-state index contributed by atoms with van der Waals surface area (Å²) in [4.78, 5) is 11.2. The highest BCUT2D eigenvalue weighted by atomic mass is 16.5. The molecule has 4 aromatic rings. The first-order chi connectivity index (χ1) is 16.5. The number of ether oxygens (including phenoxy) is 2. The Kier molecular flexibility index (Phi) is 6.76. The molecule has 0 aliphatic carbocycles. The first kappa shape index (κ1) is 22.4. The van der Waals surface area contributed by atoms with Crippen LogP contribution in [0.25, 0.3) is 11.1 Å². The third kappa shape index (κ3) is 5.53. The van der Waals surface area contributed by atoms with Crippen LogP contribution in [0.1, 0.15) is 27.0 Å². The van der Waals surface area contributed by atoms with Crippen molar-refractivity contribution in [2.24, 2.45) is 0 Å². The molecule has 0 saturated carbocycles. The predicted octanol–water partition coefficient (Wildman–Crippen LogP) is 5.79. The number of carboxylic acid groups (broad SMARTS) is 1. The number of benzene rings is 4. The minimum absolute atomic E-state index is 0.205. The zero-order chi connectivity index (χ0) is 23.9. The van der Waals surface area contributed by atoms with Crippen LogP contribution in [0.15, 0.2) is 91.0 Å². The zero-order valence-corrected chi connectivity index (χ0v) is 18.1. The van der Waals surface area contributed by atoms with Gasteiger partial charge in [-0.25, -0.2) is 4.79 Å². The lowest BCUT2D eigenvalue weighted by Crippen LogP contribution is -2.00. The van der Waals surface area contributed by atoms with Crippen LogP contribution in [-0.2, 0) is 13.2 Å². The summed E-state index contributed by atoms with van der Waals surface area (Å²) in [5, 5.41) is 27.7. The van der Waals surface area contributed by atoms with E-state index < -0.39 is 5.97 Å². The Hall–Kier alpha value is -4.76. The number of nitrogens with zero attached hydrogens (tertiary/aromatic N) is 1. The fraction of sp³-hybridized carbons (Fsp3) is 0.0714. The minimum atomic E-state index is -1.22. The van der Waals surface area contributed by atoms with E-state index in [1.807, 2.05) is 60.7 Å². The Labute approximate surface area is 196 Å². The summed E-state index contributed by atoms with van der Waals surface area (Å²) in [6.07, 6.45) is 0. The van der Waals surface area contributed by atoms with Gasteiger partial charge >= 0.3 is 5.97 Å². The number of aromatic hydroxyl groups is 1. The molecule has 0 radical (unpaired) electrons. The average molecular weight is 451 g/mol. The van der Waals surface area contributed by atoms with Crippen molar-refractivity contribution in [1.29, 1.82) is 5.26 Å². The SMILES string of the molecule is N#Cc1ccc(COc2cccc(-c3cccc(COc4ccc(O)c(C(=O)O)c4)c3)c2)cc1. The molecule has 0 heterocycles. The van der Waals surface area contributed by atoms with Crippen LogP contribution in [0.4, 0.5) is 0 Å². The van der Waals surface area contributed by atoms with Gasteiger partial charge in [-0.05, 0) is 70.8 Å². The number of rotatable bonds is 8. The maximum Gasteiger partial charge on any atom is 0.339 e. The normalized spacial score (nSPS) is 10.3. The Balaban J connectivity index is 1.43. The molecule has 0 aliphatic rings. The molecule has 2 N–H and O–H groups in total. The first-order valence-electron chi connectivity index (χ1n) is 10.5. The third-order valence-electron chi connectivity index (χ3n) is 5.19. The van der Waals surface area contributed by atoms with Crippen LogP contribution in [0, 0.1) is 11.3 Å². The van der Waals surface area contributed by atoms with Crippen molar-refractivity contribution in [3.63, 3.8) is 0 Å².